The van der Waals surface area contributed by atoms with Gasteiger partial charge in [-0.3, -0.25) is 9.67 Å². The highest BCUT2D eigenvalue weighted by Gasteiger charge is 2.27. The lowest BCUT2D eigenvalue weighted by molar-refractivity contribution is 0.435. The predicted molar refractivity (Wildman–Crippen MR) is 112 cm³/mol. The molecule has 2 aromatic rings. The summed E-state index contributed by atoms with van der Waals surface area (Å²) in [5.74, 6) is 0.0162. The van der Waals surface area contributed by atoms with E-state index in [0.29, 0.717) is 25.0 Å². The predicted octanol–water partition coefficient (Wildman–Crippen LogP) is 2.86. The molecule has 0 aliphatic carbocycles. The van der Waals surface area contributed by atoms with Crippen molar-refractivity contribution in [1.29, 1.82) is 0 Å². The Hall–Kier alpha value is -2.64. The molecule has 1 saturated heterocycles. The second-order valence-electron chi connectivity index (χ2n) is 7.81. The van der Waals surface area contributed by atoms with E-state index in [0.717, 1.165) is 30.9 Å². The number of aliphatic imine (C=N–C) groups is 1. The van der Waals surface area contributed by atoms with Crippen molar-refractivity contribution in [3.05, 3.63) is 47.3 Å². The molecule has 2 heterocycles. The molecular formula is C21H30F2N6. The zero-order valence-electron chi connectivity index (χ0n) is 17.5. The summed E-state index contributed by atoms with van der Waals surface area (Å²) in [6.07, 6.45) is 0.787. The summed E-state index contributed by atoms with van der Waals surface area (Å²) in [6.45, 7) is 8.92. The standard InChI is InChI=1S/C21H30F2N6/c1-14(12-29-16(3)10-15(2)27-29)11-25-21(24-4)26-17-8-9-28(13-17)20-18(22)6-5-7-19(20)23/h5-7,10,14,17H,8-9,11-13H2,1-4H3,(H2,24,25,26). The molecule has 1 fully saturated rings. The molecule has 158 valence electrons. The van der Waals surface area contributed by atoms with Crippen LogP contribution in [-0.4, -0.2) is 48.5 Å². The molecule has 8 heteroatoms. The van der Waals surface area contributed by atoms with Gasteiger partial charge in [-0.05, 0) is 44.4 Å². The summed E-state index contributed by atoms with van der Waals surface area (Å²) in [5, 5.41) is 11.2. The largest absolute Gasteiger partial charge is 0.365 e. The van der Waals surface area contributed by atoms with Gasteiger partial charge in [0.1, 0.15) is 17.3 Å². The number of halogens is 2. The van der Waals surface area contributed by atoms with Gasteiger partial charge in [-0.15, -0.1) is 0 Å². The topological polar surface area (TPSA) is 57.5 Å². The smallest absolute Gasteiger partial charge is 0.191 e. The molecule has 3 rings (SSSR count). The lowest BCUT2D eigenvalue weighted by Crippen LogP contribution is -2.46. The fourth-order valence-corrected chi connectivity index (χ4v) is 3.75. The molecule has 2 atom stereocenters. The third kappa shape index (κ3) is 5.25. The number of para-hydroxylation sites is 1. The van der Waals surface area contributed by atoms with E-state index in [1.165, 1.54) is 18.2 Å². The average Bonchev–Trinajstić information content (AvgIpc) is 3.24. The van der Waals surface area contributed by atoms with Crippen molar-refractivity contribution in [3.8, 4) is 0 Å². The van der Waals surface area contributed by atoms with Gasteiger partial charge in [0, 0.05) is 45.0 Å². The first kappa shape index (κ1) is 21.1. The van der Waals surface area contributed by atoms with Crippen molar-refractivity contribution >= 4 is 11.6 Å². The van der Waals surface area contributed by atoms with Crippen LogP contribution in [0.4, 0.5) is 14.5 Å². The Morgan fingerprint density at radius 3 is 2.66 bits per heavy atom. The van der Waals surface area contributed by atoms with Gasteiger partial charge in [-0.2, -0.15) is 5.10 Å². The molecule has 0 bridgehead atoms. The Balaban J connectivity index is 1.50. The van der Waals surface area contributed by atoms with Crippen LogP contribution in [0.1, 0.15) is 24.7 Å². The Morgan fingerprint density at radius 2 is 2.03 bits per heavy atom. The number of nitrogens with one attached hydrogen (secondary N) is 2. The highest BCUT2D eigenvalue weighted by Crippen LogP contribution is 2.26. The molecule has 2 unspecified atom stereocenters. The van der Waals surface area contributed by atoms with Gasteiger partial charge >= 0.3 is 0 Å². The molecule has 1 aromatic carbocycles. The maximum atomic E-state index is 14.0. The Morgan fingerprint density at radius 1 is 1.31 bits per heavy atom. The lowest BCUT2D eigenvalue weighted by atomic mass is 10.2. The van der Waals surface area contributed by atoms with E-state index in [1.807, 2.05) is 11.6 Å². The molecular weight excluding hydrogens is 374 g/mol. The molecule has 29 heavy (non-hydrogen) atoms. The minimum atomic E-state index is -0.522. The van der Waals surface area contributed by atoms with Crippen molar-refractivity contribution in [1.82, 2.24) is 20.4 Å². The number of hydrogen-bond acceptors (Lipinski definition) is 3. The van der Waals surface area contributed by atoms with E-state index in [9.17, 15) is 8.78 Å². The normalized spacial score (nSPS) is 18.2. The molecule has 2 N–H and O–H groups in total. The number of nitrogens with zero attached hydrogens (tertiary/aromatic N) is 4. The van der Waals surface area contributed by atoms with Crippen molar-refractivity contribution in [3.63, 3.8) is 0 Å². The molecule has 6 nitrogen and oxygen atoms in total. The second-order valence-corrected chi connectivity index (χ2v) is 7.81. The van der Waals surface area contributed by atoms with Crippen LogP contribution in [0, 0.1) is 31.4 Å². The van der Waals surface area contributed by atoms with Crippen LogP contribution < -0.4 is 15.5 Å². The Kier molecular flexibility index (Phi) is 6.71. The number of guanidine groups is 1. The van der Waals surface area contributed by atoms with Gasteiger partial charge in [0.05, 0.1) is 5.69 Å². The quantitative estimate of drug-likeness (QED) is 0.574. The first-order valence-electron chi connectivity index (χ1n) is 10.0. The lowest BCUT2D eigenvalue weighted by Gasteiger charge is -2.22. The average molecular weight is 405 g/mol. The van der Waals surface area contributed by atoms with Gasteiger partial charge in [0.2, 0.25) is 0 Å². The maximum Gasteiger partial charge on any atom is 0.191 e. The van der Waals surface area contributed by atoms with Crippen molar-refractivity contribution < 1.29 is 8.78 Å². The van der Waals surface area contributed by atoms with E-state index in [1.54, 1.807) is 11.9 Å². The third-order valence-electron chi connectivity index (χ3n) is 5.21. The van der Waals surface area contributed by atoms with Gasteiger partial charge < -0.3 is 15.5 Å². The van der Waals surface area contributed by atoms with E-state index >= 15 is 0 Å². The summed E-state index contributed by atoms with van der Waals surface area (Å²) in [6, 6.07) is 6.13. The van der Waals surface area contributed by atoms with E-state index < -0.39 is 11.6 Å². The molecule has 1 aromatic heterocycles. The summed E-state index contributed by atoms with van der Waals surface area (Å²) in [5.41, 5.74) is 2.23. The first-order valence-corrected chi connectivity index (χ1v) is 10.0. The number of benzene rings is 1. The number of hydrogen-bond donors (Lipinski definition) is 2. The number of rotatable bonds is 6. The zero-order valence-corrected chi connectivity index (χ0v) is 17.5. The highest BCUT2D eigenvalue weighted by atomic mass is 19.1. The minimum Gasteiger partial charge on any atom is -0.365 e. The van der Waals surface area contributed by atoms with Crippen molar-refractivity contribution in [2.24, 2.45) is 10.9 Å². The number of aromatic nitrogens is 2. The van der Waals surface area contributed by atoms with E-state index in [-0.39, 0.29) is 11.7 Å². The molecule has 0 amide bonds. The highest BCUT2D eigenvalue weighted by molar-refractivity contribution is 5.80. The summed E-state index contributed by atoms with van der Waals surface area (Å²) in [4.78, 5) is 6.04. The molecule has 0 saturated carbocycles. The summed E-state index contributed by atoms with van der Waals surface area (Å²) < 4.78 is 30.1. The van der Waals surface area contributed by atoms with Gasteiger partial charge in [-0.1, -0.05) is 13.0 Å². The molecule has 1 aliphatic rings. The fourth-order valence-electron chi connectivity index (χ4n) is 3.75. The van der Waals surface area contributed by atoms with E-state index in [2.05, 4.69) is 40.6 Å². The molecule has 0 spiro atoms. The Labute approximate surface area is 171 Å². The first-order chi connectivity index (χ1) is 13.9. The third-order valence-corrected chi connectivity index (χ3v) is 5.21. The van der Waals surface area contributed by atoms with Gasteiger partial charge in [0.25, 0.3) is 0 Å². The van der Waals surface area contributed by atoms with Gasteiger partial charge in [-0.25, -0.2) is 8.78 Å². The second kappa shape index (κ2) is 9.24. The van der Waals surface area contributed by atoms with Crippen LogP contribution in [0.25, 0.3) is 0 Å². The molecule has 0 radical (unpaired) electrons. The van der Waals surface area contributed by atoms with Crippen LogP contribution in [0.3, 0.4) is 0 Å². The summed E-state index contributed by atoms with van der Waals surface area (Å²) >= 11 is 0. The minimum absolute atomic E-state index is 0.0539. The van der Waals surface area contributed by atoms with E-state index in [4.69, 9.17) is 0 Å². The van der Waals surface area contributed by atoms with Crippen LogP contribution in [-0.2, 0) is 6.54 Å². The van der Waals surface area contributed by atoms with Crippen LogP contribution >= 0.6 is 0 Å². The fraction of sp³-hybridized carbons (Fsp3) is 0.524. The van der Waals surface area contributed by atoms with Crippen LogP contribution in [0.15, 0.2) is 29.3 Å². The number of anilines is 1. The SMILES string of the molecule is CN=C(NCC(C)Cn1nc(C)cc1C)NC1CCN(c2c(F)cccc2F)C1. The maximum absolute atomic E-state index is 14.0. The monoisotopic (exact) mass is 404 g/mol. The Bertz CT molecular complexity index is 843. The summed E-state index contributed by atoms with van der Waals surface area (Å²) in [7, 11) is 1.73. The molecule has 1 aliphatic heterocycles. The number of aryl methyl sites for hydroxylation is 2. The van der Waals surface area contributed by atoms with Gasteiger partial charge in [0.15, 0.2) is 5.96 Å². The van der Waals surface area contributed by atoms with Crippen molar-refractivity contribution in [2.45, 2.75) is 39.8 Å². The zero-order chi connectivity index (χ0) is 21.0. The van der Waals surface area contributed by atoms with Crippen molar-refractivity contribution in [2.75, 3.05) is 31.6 Å². The van der Waals surface area contributed by atoms with Crippen LogP contribution in [0.5, 0.6) is 0 Å². The van der Waals surface area contributed by atoms with Crippen LogP contribution in [0.2, 0.25) is 0 Å².